The highest BCUT2D eigenvalue weighted by Crippen LogP contribution is 2.22. The van der Waals surface area contributed by atoms with E-state index in [1.165, 1.54) is 18.2 Å². The summed E-state index contributed by atoms with van der Waals surface area (Å²) in [6.45, 7) is 2.61. The molecular formula is C12H14N4O4S. The van der Waals surface area contributed by atoms with Crippen molar-refractivity contribution in [3.63, 3.8) is 0 Å². The number of nitro groups is 1. The van der Waals surface area contributed by atoms with Crippen LogP contribution in [0.15, 0.2) is 41.6 Å². The standard InChI is InChI=1S/C12H14N4O4S/c1-2-15-9-10(7-13-15)8-14-21(19,20)12-6-4-3-5-11(12)16(17)18/h3-7,9,14H,2,8H2,1H3. The Bertz CT molecular complexity index is 754. The van der Waals surface area contributed by atoms with Gasteiger partial charge in [0.2, 0.25) is 10.0 Å². The van der Waals surface area contributed by atoms with Crippen molar-refractivity contribution in [3.8, 4) is 0 Å². The van der Waals surface area contributed by atoms with Crippen LogP contribution in [0.1, 0.15) is 12.5 Å². The minimum Gasteiger partial charge on any atom is -0.273 e. The van der Waals surface area contributed by atoms with Crippen molar-refractivity contribution in [2.45, 2.75) is 24.9 Å². The molecule has 8 nitrogen and oxygen atoms in total. The van der Waals surface area contributed by atoms with Gasteiger partial charge in [-0.2, -0.15) is 5.10 Å². The fourth-order valence-corrected chi connectivity index (χ4v) is 2.95. The van der Waals surface area contributed by atoms with Crippen molar-refractivity contribution < 1.29 is 13.3 Å². The monoisotopic (exact) mass is 310 g/mol. The van der Waals surface area contributed by atoms with Crippen LogP contribution in [0.5, 0.6) is 0 Å². The van der Waals surface area contributed by atoms with Crippen LogP contribution in [0.25, 0.3) is 0 Å². The van der Waals surface area contributed by atoms with E-state index in [4.69, 9.17) is 0 Å². The molecule has 1 aromatic heterocycles. The molecule has 0 bridgehead atoms. The van der Waals surface area contributed by atoms with Gasteiger partial charge < -0.3 is 0 Å². The molecule has 0 saturated heterocycles. The van der Waals surface area contributed by atoms with Gasteiger partial charge in [0.1, 0.15) is 0 Å². The average Bonchev–Trinajstić information content (AvgIpc) is 2.93. The third-order valence-electron chi connectivity index (χ3n) is 2.83. The van der Waals surface area contributed by atoms with Crippen molar-refractivity contribution in [3.05, 3.63) is 52.3 Å². The maximum Gasteiger partial charge on any atom is 0.289 e. The highest BCUT2D eigenvalue weighted by Gasteiger charge is 2.24. The zero-order chi connectivity index (χ0) is 15.5. The number of para-hydroxylation sites is 1. The van der Waals surface area contributed by atoms with E-state index in [2.05, 4.69) is 9.82 Å². The minimum absolute atomic E-state index is 0.0222. The van der Waals surface area contributed by atoms with Crippen LogP contribution in [0.3, 0.4) is 0 Å². The van der Waals surface area contributed by atoms with E-state index in [9.17, 15) is 18.5 Å². The fourth-order valence-electron chi connectivity index (χ4n) is 1.76. The Labute approximate surface area is 121 Å². The lowest BCUT2D eigenvalue weighted by Gasteiger charge is -2.06. The molecule has 1 N–H and O–H groups in total. The van der Waals surface area contributed by atoms with Crippen molar-refractivity contribution in [2.75, 3.05) is 0 Å². The smallest absolute Gasteiger partial charge is 0.273 e. The number of sulfonamides is 1. The van der Waals surface area contributed by atoms with Gasteiger partial charge in [-0.15, -0.1) is 0 Å². The van der Waals surface area contributed by atoms with Crippen LogP contribution >= 0.6 is 0 Å². The van der Waals surface area contributed by atoms with Crippen molar-refractivity contribution in [2.24, 2.45) is 0 Å². The number of hydrogen-bond donors (Lipinski definition) is 1. The predicted molar refractivity (Wildman–Crippen MR) is 75.0 cm³/mol. The second-order valence-electron chi connectivity index (χ2n) is 4.25. The molecule has 0 radical (unpaired) electrons. The second kappa shape index (κ2) is 6.02. The Morgan fingerprint density at radius 1 is 1.38 bits per heavy atom. The summed E-state index contributed by atoms with van der Waals surface area (Å²) in [6.07, 6.45) is 3.26. The van der Waals surface area contributed by atoms with E-state index in [0.29, 0.717) is 12.1 Å². The highest BCUT2D eigenvalue weighted by atomic mass is 32.2. The lowest BCUT2D eigenvalue weighted by molar-refractivity contribution is -0.387. The van der Waals surface area contributed by atoms with Gasteiger partial charge in [0.05, 0.1) is 11.1 Å². The number of aryl methyl sites for hydroxylation is 1. The Kier molecular flexibility index (Phi) is 4.34. The molecule has 2 aromatic rings. The maximum atomic E-state index is 12.2. The molecule has 0 spiro atoms. The van der Waals surface area contributed by atoms with Crippen molar-refractivity contribution >= 4 is 15.7 Å². The third-order valence-corrected chi connectivity index (χ3v) is 4.28. The van der Waals surface area contributed by atoms with Crippen molar-refractivity contribution in [1.29, 1.82) is 0 Å². The minimum atomic E-state index is -3.96. The Morgan fingerprint density at radius 2 is 2.10 bits per heavy atom. The van der Waals surface area contributed by atoms with Crippen LogP contribution in [0.2, 0.25) is 0 Å². The quantitative estimate of drug-likeness (QED) is 0.639. The topological polar surface area (TPSA) is 107 Å². The molecule has 1 aromatic carbocycles. The van der Waals surface area contributed by atoms with E-state index in [-0.39, 0.29) is 11.4 Å². The molecule has 2 rings (SSSR count). The van der Waals surface area contributed by atoms with E-state index in [1.54, 1.807) is 17.1 Å². The summed E-state index contributed by atoms with van der Waals surface area (Å²) in [5.41, 5.74) is 0.230. The second-order valence-corrected chi connectivity index (χ2v) is 5.99. The van der Waals surface area contributed by atoms with E-state index in [0.717, 1.165) is 6.07 Å². The zero-order valence-corrected chi connectivity index (χ0v) is 12.1. The van der Waals surface area contributed by atoms with Gasteiger partial charge in [0.25, 0.3) is 5.69 Å². The Hall–Kier alpha value is -2.26. The number of nitrogens with one attached hydrogen (secondary N) is 1. The molecule has 0 amide bonds. The number of aromatic nitrogens is 2. The largest absolute Gasteiger partial charge is 0.289 e. The van der Waals surface area contributed by atoms with Crippen LogP contribution in [-0.2, 0) is 23.1 Å². The number of benzene rings is 1. The molecule has 0 aliphatic heterocycles. The van der Waals surface area contributed by atoms with Crippen LogP contribution in [0, 0.1) is 10.1 Å². The Balaban J connectivity index is 2.21. The van der Waals surface area contributed by atoms with E-state index >= 15 is 0 Å². The summed E-state index contributed by atoms with van der Waals surface area (Å²) >= 11 is 0. The van der Waals surface area contributed by atoms with Gasteiger partial charge in [0.15, 0.2) is 4.90 Å². The van der Waals surface area contributed by atoms with Gasteiger partial charge in [-0.3, -0.25) is 14.8 Å². The van der Waals surface area contributed by atoms with Crippen LogP contribution in [-0.4, -0.2) is 23.1 Å². The molecule has 0 aliphatic carbocycles. The third kappa shape index (κ3) is 3.44. The first kappa shape index (κ1) is 15.1. The van der Waals surface area contributed by atoms with Gasteiger partial charge in [-0.25, -0.2) is 13.1 Å². The molecule has 0 saturated carbocycles. The van der Waals surface area contributed by atoms with Crippen LogP contribution in [0.4, 0.5) is 5.69 Å². The van der Waals surface area contributed by atoms with Crippen LogP contribution < -0.4 is 4.72 Å². The lowest BCUT2D eigenvalue weighted by atomic mass is 10.3. The first-order valence-corrected chi connectivity index (χ1v) is 7.67. The predicted octanol–water partition coefficient (Wildman–Crippen LogP) is 1.29. The number of rotatable bonds is 6. The summed E-state index contributed by atoms with van der Waals surface area (Å²) in [4.78, 5) is 9.82. The molecule has 112 valence electrons. The SMILES string of the molecule is CCn1cc(CNS(=O)(=O)c2ccccc2[N+](=O)[O-])cn1. The highest BCUT2D eigenvalue weighted by molar-refractivity contribution is 7.89. The average molecular weight is 310 g/mol. The first-order valence-electron chi connectivity index (χ1n) is 6.18. The molecule has 0 atom stereocenters. The van der Waals surface area contributed by atoms with E-state index < -0.39 is 20.6 Å². The Morgan fingerprint density at radius 3 is 2.71 bits per heavy atom. The lowest BCUT2D eigenvalue weighted by Crippen LogP contribution is -2.23. The molecule has 9 heteroatoms. The summed E-state index contributed by atoms with van der Waals surface area (Å²) in [7, 11) is -3.96. The summed E-state index contributed by atoms with van der Waals surface area (Å²) < 4.78 is 28.3. The summed E-state index contributed by atoms with van der Waals surface area (Å²) in [6, 6.07) is 5.22. The van der Waals surface area contributed by atoms with Gasteiger partial charge in [0, 0.05) is 30.9 Å². The molecule has 21 heavy (non-hydrogen) atoms. The maximum absolute atomic E-state index is 12.2. The normalized spacial score (nSPS) is 11.5. The zero-order valence-electron chi connectivity index (χ0n) is 11.3. The molecular weight excluding hydrogens is 296 g/mol. The number of hydrogen-bond acceptors (Lipinski definition) is 5. The van der Waals surface area contributed by atoms with Gasteiger partial charge in [-0.1, -0.05) is 12.1 Å². The fraction of sp³-hybridized carbons (Fsp3) is 0.250. The number of nitrogens with zero attached hydrogens (tertiary/aromatic N) is 3. The van der Waals surface area contributed by atoms with Gasteiger partial charge >= 0.3 is 0 Å². The summed E-state index contributed by atoms with van der Waals surface area (Å²) in [5.74, 6) is 0. The van der Waals surface area contributed by atoms with E-state index in [1.807, 2.05) is 6.92 Å². The molecule has 0 unspecified atom stereocenters. The van der Waals surface area contributed by atoms with Crippen molar-refractivity contribution in [1.82, 2.24) is 14.5 Å². The first-order chi connectivity index (χ1) is 9.94. The molecule has 0 fully saturated rings. The molecule has 0 aliphatic rings. The number of nitro benzene ring substituents is 1. The van der Waals surface area contributed by atoms with Gasteiger partial charge in [-0.05, 0) is 13.0 Å². The summed E-state index contributed by atoms with van der Waals surface area (Å²) in [5, 5.41) is 14.9. The molecule has 1 heterocycles.